The topological polar surface area (TPSA) is 64.4 Å². The fraction of sp³-hybridized carbons (Fsp3) is 0.400. The smallest absolute Gasteiger partial charge is 0.261 e. The van der Waals surface area contributed by atoms with Crippen molar-refractivity contribution >= 4 is 39.8 Å². The first kappa shape index (κ1) is 21.6. The molecule has 32 heavy (non-hydrogen) atoms. The van der Waals surface area contributed by atoms with Crippen molar-refractivity contribution in [2.75, 3.05) is 13.1 Å². The van der Waals surface area contributed by atoms with Crippen molar-refractivity contribution < 1.29 is 7.86 Å². The maximum absolute atomic E-state index is 13.0. The molecule has 1 saturated carbocycles. The fourth-order valence-corrected chi connectivity index (χ4v) is 5.44. The van der Waals surface area contributed by atoms with Crippen LogP contribution in [0.2, 0.25) is 0 Å². The number of nitrogens with zero attached hydrogens (tertiary/aromatic N) is 3. The summed E-state index contributed by atoms with van der Waals surface area (Å²) >= 11 is 1.94. The van der Waals surface area contributed by atoms with E-state index in [0.29, 0.717) is 49.3 Å². The predicted molar refractivity (Wildman–Crippen MR) is 132 cm³/mol. The van der Waals surface area contributed by atoms with Crippen LogP contribution in [0.3, 0.4) is 0 Å². The number of hydrogen-bond donors (Lipinski definition) is 0. The lowest BCUT2D eigenvalue weighted by Gasteiger charge is -2.40. The highest BCUT2D eigenvalue weighted by Crippen LogP contribution is 2.48. The Morgan fingerprint density at radius 1 is 1.19 bits per heavy atom. The van der Waals surface area contributed by atoms with Crippen LogP contribution in [-0.2, 0) is 14.4 Å². The van der Waals surface area contributed by atoms with Crippen molar-refractivity contribution in [1.29, 1.82) is 0 Å². The summed E-state index contributed by atoms with van der Waals surface area (Å²) in [5.41, 5.74) is 2.52. The maximum Gasteiger partial charge on any atom is 0.261 e. The Morgan fingerprint density at radius 3 is 2.66 bits per heavy atom. The lowest BCUT2D eigenvalue weighted by Crippen LogP contribution is -2.50. The molecule has 1 aliphatic heterocycles. The van der Waals surface area contributed by atoms with Gasteiger partial charge in [-0.15, -0.1) is 0 Å². The summed E-state index contributed by atoms with van der Waals surface area (Å²) in [6.45, 7) is 3.72. The van der Waals surface area contributed by atoms with Gasteiger partial charge < -0.3 is 7.97 Å². The van der Waals surface area contributed by atoms with E-state index in [-0.39, 0.29) is 17.4 Å². The van der Waals surface area contributed by atoms with Gasteiger partial charge in [0.25, 0.3) is 5.56 Å². The summed E-state index contributed by atoms with van der Waals surface area (Å²) < 4.78 is 7.56. The van der Waals surface area contributed by atoms with Crippen molar-refractivity contribution in [2.24, 2.45) is 5.92 Å². The van der Waals surface area contributed by atoms with E-state index in [1.807, 2.05) is 71.2 Å². The second-order valence-corrected chi connectivity index (χ2v) is 9.58. The molecule has 2 heterocycles. The predicted octanol–water partition coefficient (Wildman–Crippen LogP) is 4.24. The molecule has 2 aromatic carbocycles. The highest BCUT2D eigenvalue weighted by atomic mass is 127. The van der Waals surface area contributed by atoms with Crippen molar-refractivity contribution in [1.82, 2.24) is 14.5 Å². The quantitative estimate of drug-likeness (QED) is 0.452. The van der Waals surface area contributed by atoms with E-state index in [2.05, 4.69) is 17.1 Å². The Morgan fingerprint density at radius 2 is 1.94 bits per heavy atom. The van der Waals surface area contributed by atoms with Crippen molar-refractivity contribution in [2.45, 2.75) is 44.2 Å². The third-order valence-corrected chi connectivity index (χ3v) is 7.86. The van der Waals surface area contributed by atoms with Crippen LogP contribution in [0, 0.1) is 12.8 Å². The molecule has 0 bridgehead atoms. The van der Waals surface area contributed by atoms with Crippen LogP contribution in [0.25, 0.3) is 10.9 Å². The Balaban J connectivity index is 1.26. The minimum Gasteiger partial charge on any atom is -0.342 e. The van der Waals surface area contributed by atoms with Gasteiger partial charge >= 0.3 is 0 Å². The average molecular weight is 543 g/mol. The number of aromatic nitrogens is 2. The van der Waals surface area contributed by atoms with Crippen LogP contribution in [-0.4, -0.2) is 39.0 Å². The van der Waals surface area contributed by atoms with Crippen LogP contribution in [0.1, 0.15) is 36.3 Å². The summed E-state index contributed by atoms with van der Waals surface area (Å²) in [5.74, 6) is 0.698. The minimum atomic E-state index is -0.483. The molecule has 2 fully saturated rings. The van der Waals surface area contributed by atoms with Gasteiger partial charge in [0.05, 0.1) is 23.8 Å². The van der Waals surface area contributed by atoms with Gasteiger partial charge in [-0.05, 0) is 55.4 Å². The number of amides is 1. The van der Waals surface area contributed by atoms with Gasteiger partial charge in [0, 0.05) is 19.0 Å². The first-order valence-electron chi connectivity index (χ1n) is 11.1. The van der Waals surface area contributed by atoms with Crippen molar-refractivity contribution in [3.63, 3.8) is 0 Å². The molecule has 166 valence electrons. The van der Waals surface area contributed by atoms with Crippen LogP contribution in [0.5, 0.6) is 0 Å². The second-order valence-electron chi connectivity index (χ2n) is 9.14. The normalized spacial score (nSPS) is 22.1. The Bertz CT molecular complexity index is 1200. The Labute approximate surface area is 201 Å². The summed E-state index contributed by atoms with van der Waals surface area (Å²) in [4.78, 5) is 32.5. The Kier molecular flexibility index (Phi) is 5.79. The number of piperidine rings is 1. The van der Waals surface area contributed by atoms with E-state index in [1.54, 1.807) is 10.9 Å². The molecular weight excluding hydrogens is 517 g/mol. The van der Waals surface area contributed by atoms with E-state index < -0.39 is 5.60 Å². The largest absolute Gasteiger partial charge is 0.342 e. The van der Waals surface area contributed by atoms with E-state index in [4.69, 9.17) is 3.07 Å². The van der Waals surface area contributed by atoms with Gasteiger partial charge in [0.2, 0.25) is 5.91 Å². The molecule has 0 spiro atoms. The van der Waals surface area contributed by atoms with Crippen LogP contribution in [0.15, 0.2) is 59.7 Å². The van der Waals surface area contributed by atoms with Crippen LogP contribution in [0.4, 0.5) is 0 Å². The molecule has 2 unspecified atom stereocenters. The second kappa shape index (κ2) is 8.59. The van der Waals surface area contributed by atoms with Gasteiger partial charge in [0.1, 0.15) is 28.6 Å². The first-order valence-corrected chi connectivity index (χ1v) is 12.0. The first-order chi connectivity index (χ1) is 15.5. The molecule has 5 rings (SSSR count). The lowest BCUT2D eigenvalue weighted by atomic mass is 9.91. The molecule has 7 heteroatoms. The van der Waals surface area contributed by atoms with Crippen LogP contribution >= 0.6 is 23.0 Å². The number of halogens is 1. The molecule has 6 nitrogen and oxygen atoms in total. The zero-order valence-corrected chi connectivity index (χ0v) is 20.2. The fourth-order valence-electron chi connectivity index (χ4n) is 4.86. The molecule has 2 atom stereocenters. The molecule has 3 aromatic rings. The number of likely N-dealkylation sites (tertiary alicyclic amines) is 1. The zero-order chi connectivity index (χ0) is 22.3. The highest BCUT2D eigenvalue weighted by Gasteiger charge is 2.47. The molecule has 2 aliphatic rings. The molecular formula is C25H26IN3O3. The number of aryl methyl sites for hydroxylation is 1. The molecule has 1 aliphatic carbocycles. The zero-order valence-electron chi connectivity index (χ0n) is 18.0. The Hall–Kier alpha value is -2.26. The van der Waals surface area contributed by atoms with Gasteiger partial charge in [0.15, 0.2) is 0 Å². The summed E-state index contributed by atoms with van der Waals surface area (Å²) in [5, 5.41) is 0.620. The number of carbonyl (C=O) groups is 1. The molecule has 1 aromatic heterocycles. The van der Waals surface area contributed by atoms with Gasteiger partial charge in [-0.25, -0.2) is 4.98 Å². The monoisotopic (exact) mass is 543 g/mol. The summed E-state index contributed by atoms with van der Waals surface area (Å²) in [6, 6.07) is 16.0. The van der Waals surface area contributed by atoms with E-state index in [9.17, 15) is 9.59 Å². The third kappa shape index (κ3) is 4.08. The van der Waals surface area contributed by atoms with E-state index in [0.717, 1.165) is 12.0 Å². The number of rotatable bonds is 5. The lowest BCUT2D eigenvalue weighted by molar-refractivity contribution is -0.135. The summed E-state index contributed by atoms with van der Waals surface area (Å²) in [7, 11) is 0. The van der Waals surface area contributed by atoms with Crippen LogP contribution < -0.4 is 5.56 Å². The number of benzene rings is 2. The standard InChI is InChI=1S/C25H26IN3O3/c1-17-7-8-19-22(13-17)27-16-29(23(19)30)15-25(32-26)9-11-28(12-10-25)24(31)21-14-20(21)18-5-3-2-4-6-18/h2-8,13,16,20-21H,9-12,14-15H2,1H3. The number of fused-ring (bicyclic) bond motifs is 1. The third-order valence-electron chi connectivity index (χ3n) is 6.92. The van der Waals surface area contributed by atoms with E-state index >= 15 is 0 Å². The number of hydrogen-bond acceptors (Lipinski definition) is 4. The highest BCUT2D eigenvalue weighted by molar-refractivity contribution is 14.1. The van der Waals surface area contributed by atoms with Crippen molar-refractivity contribution in [3.8, 4) is 0 Å². The molecule has 0 N–H and O–H groups in total. The van der Waals surface area contributed by atoms with Gasteiger partial charge in [-0.2, -0.15) is 0 Å². The van der Waals surface area contributed by atoms with E-state index in [1.165, 1.54) is 5.56 Å². The average Bonchev–Trinajstić information content (AvgIpc) is 3.62. The maximum atomic E-state index is 13.0. The number of carbonyl (C=O) groups excluding carboxylic acids is 1. The molecule has 0 radical (unpaired) electrons. The SMILES string of the molecule is Cc1ccc2c(=O)n(CC3(OI)CCN(C(=O)C4CC4c4ccccc4)CC3)cnc2c1. The van der Waals surface area contributed by atoms with Crippen molar-refractivity contribution in [3.05, 3.63) is 76.3 Å². The molecule has 1 amide bonds. The molecule has 1 saturated heterocycles. The van der Waals surface area contributed by atoms with Gasteiger partial charge in [-0.3, -0.25) is 14.2 Å². The van der Waals surface area contributed by atoms with Gasteiger partial charge in [-0.1, -0.05) is 36.4 Å². The summed E-state index contributed by atoms with van der Waals surface area (Å²) in [6.07, 6.45) is 3.95. The minimum absolute atomic E-state index is 0.0509.